The number of aromatic nitrogens is 4. The summed E-state index contributed by atoms with van der Waals surface area (Å²) in [5, 5.41) is 6.21. The number of rotatable bonds is 11. The second-order valence-corrected chi connectivity index (χ2v) is 10.8. The Morgan fingerprint density at radius 1 is 1.05 bits per heavy atom. The van der Waals surface area contributed by atoms with Gasteiger partial charge in [-0.3, -0.25) is 4.79 Å². The van der Waals surface area contributed by atoms with Crippen molar-refractivity contribution in [3.63, 3.8) is 0 Å². The van der Waals surface area contributed by atoms with E-state index in [1.807, 2.05) is 24.3 Å². The Labute approximate surface area is 254 Å². The van der Waals surface area contributed by atoms with Crippen molar-refractivity contribution in [3.8, 4) is 28.4 Å². The summed E-state index contributed by atoms with van der Waals surface area (Å²) in [6.07, 6.45) is 3.48. The molecule has 0 aliphatic carbocycles. The van der Waals surface area contributed by atoms with E-state index >= 15 is 0 Å². The fourth-order valence-electron chi connectivity index (χ4n) is 5.16. The first-order valence-electron chi connectivity index (χ1n) is 14.7. The number of carbonyl (C=O) groups is 1. The van der Waals surface area contributed by atoms with Crippen LogP contribution in [0.2, 0.25) is 0 Å². The number of halogens is 1. The van der Waals surface area contributed by atoms with Crippen LogP contribution in [0.1, 0.15) is 24.2 Å². The molecule has 2 fully saturated rings. The molecule has 12 heteroatoms. The van der Waals surface area contributed by atoms with E-state index in [1.165, 1.54) is 12.1 Å². The van der Waals surface area contributed by atoms with Crippen molar-refractivity contribution in [3.05, 3.63) is 78.0 Å². The van der Waals surface area contributed by atoms with Gasteiger partial charge < -0.3 is 34.6 Å². The van der Waals surface area contributed by atoms with Gasteiger partial charge in [-0.15, -0.1) is 0 Å². The minimum absolute atomic E-state index is 0.0795. The van der Waals surface area contributed by atoms with Crippen LogP contribution in [0.4, 0.5) is 10.3 Å². The zero-order chi connectivity index (χ0) is 30.3. The second kappa shape index (κ2) is 13.9. The van der Waals surface area contributed by atoms with Crippen LogP contribution in [-0.2, 0) is 32.0 Å². The second-order valence-electron chi connectivity index (χ2n) is 10.8. The summed E-state index contributed by atoms with van der Waals surface area (Å²) < 4.78 is 36.4. The molecular formula is C32H35FN6O5. The van der Waals surface area contributed by atoms with Crippen molar-refractivity contribution in [2.45, 2.75) is 38.2 Å². The van der Waals surface area contributed by atoms with Crippen molar-refractivity contribution in [1.82, 2.24) is 25.3 Å². The van der Waals surface area contributed by atoms with E-state index in [2.05, 4.69) is 20.6 Å². The molecule has 4 heterocycles. The van der Waals surface area contributed by atoms with E-state index in [1.54, 1.807) is 31.5 Å². The van der Waals surface area contributed by atoms with Gasteiger partial charge in [0.05, 0.1) is 55.8 Å². The number of nitrogens with one attached hydrogen (secondary N) is 3. The molecule has 2 aliphatic heterocycles. The molecule has 0 spiro atoms. The number of amides is 1. The summed E-state index contributed by atoms with van der Waals surface area (Å²) in [6.45, 7) is 2.26. The molecule has 0 bridgehead atoms. The van der Waals surface area contributed by atoms with E-state index in [9.17, 15) is 9.18 Å². The zero-order valence-corrected chi connectivity index (χ0v) is 24.4. The molecule has 1 amide bonds. The smallest absolute Gasteiger partial charge is 0.227 e. The number of benzene rings is 2. The van der Waals surface area contributed by atoms with Crippen molar-refractivity contribution in [2.24, 2.45) is 5.92 Å². The van der Waals surface area contributed by atoms with E-state index in [-0.39, 0.29) is 37.0 Å². The molecule has 2 aliphatic rings. The lowest BCUT2D eigenvalue weighted by molar-refractivity contribution is -0.201. The first-order valence-corrected chi connectivity index (χ1v) is 14.7. The van der Waals surface area contributed by atoms with Crippen molar-refractivity contribution >= 4 is 11.9 Å². The Hall–Kier alpha value is -4.39. The van der Waals surface area contributed by atoms with Gasteiger partial charge in [0.1, 0.15) is 17.4 Å². The largest absolute Gasteiger partial charge is 0.497 e. The fourth-order valence-corrected chi connectivity index (χ4v) is 5.16. The quantitative estimate of drug-likeness (QED) is 0.232. The average molecular weight is 603 g/mol. The number of hydrogen-bond acceptors (Lipinski definition) is 9. The highest BCUT2D eigenvalue weighted by atomic mass is 19.1. The van der Waals surface area contributed by atoms with Gasteiger partial charge in [0.25, 0.3) is 0 Å². The van der Waals surface area contributed by atoms with Crippen LogP contribution in [0.3, 0.4) is 0 Å². The van der Waals surface area contributed by atoms with Crippen molar-refractivity contribution in [2.75, 3.05) is 38.8 Å². The molecule has 6 rings (SSSR count). The molecule has 3 N–H and O–H groups in total. The molecule has 230 valence electrons. The fraction of sp³-hybridized carbons (Fsp3) is 0.375. The summed E-state index contributed by atoms with van der Waals surface area (Å²) in [6, 6.07) is 15.7. The highest BCUT2D eigenvalue weighted by Crippen LogP contribution is 2.30. The Kier molecular flexibility index (Phi) is 9.40. The van der Waals surface area contributed by atoms with Crippen molar-refractivity contribution < 1.29 is 28.1 Å². The summed E-state index contributed by atoms with van der Waals surface area (Å²) in [7, 11) is 1.63. The number of ether oxygens (including phenoxy) is 4. The van der Waals surface area contributed by atoms with Gasteiger partial charge in [0.15, 0.2) is 6.29 Å². The average Bonchev–Trinajstić information content (AvgIpc) is 3.74. The summed E-state index contributed by atoms with van der Waals surface area (Å²) in [5.41, 5.74) is 3.66. The number of methoxy groups -OCH3 is 1. The van der Waals surface area contributed by atoms with E-state index in [0.29, 0.717) is 48.4 Å². The van der Waals surface area contributed by atoms with E-state index < -0.39 is 6.29 Å². The molecule has 44 heavy (non-hydrogen) atoms. The molecule has 1 unspecified atom stereocenters. The highest BCUT2D eigenvalue weighted by Gasteiger charge is 2.29. The zero-order valence-electron chi connectivity index (χ0n) is 24.4. The topological polar surface area (TPSA) is 133 Å². The predicted molar refractivity (Wildman–Crippen MR) is 160 cm³/mol. The van der Waals surface area contributed by atoms with Crippen LogP contribution in [0, 0.1) is 11.7 Å². The lowest BCUT2D eigenvalue weighted by Gasteiger charge is -2.28. The number of hydrogen-bond donors (Lipinski definition) is 3. The van der Waals surface area contributed by atoms with Gasteiger partial charge in [0.2, 0.25) is 11.9 Å². The summed E-state index contributed by atoms with van der Waals surface area (Å²) in [5.74, 6) is 1.02. The molecular weight excluding hydrogens is 567 g/mol. The molecule has 11 nitrogen and oxygen atoms in total. The lowest BCUT2D eigenvalue weighted by atomic mass is 10.1. The molecule has 2 aromatic heterocycles. The molecule has 0 saturated carbocycles. The Morgan fingerprint density at radius 3 is 2.57 bits per heavy atom. The first kappa shape index (κ1) is 29.7. The summed E-state index contributed by atoms with van der Waals surface area (Å²) >= 11 is 0. The number of nitrogens with zero attached hydrogens (tertiary/aromatic N) is 3. The number of aromatic amines is 1. The van der Waals surface area contributed by atoms with Crippen molar-refractivity contribution in [1.29, 1.82) is 0 Å². The third kappa shape index (κ3) is 7.39. The van der Waals surface area contributed by atoms with Gasteiger partial charge in [-0.2, -0.15) is 0 Å². The Balaban J connectivity index is 1.13. The van der Waals surface area contributed by atoms with Crippen LogP contribution in [-0.4, -0.2) is 71.7 Å². The van der Waals surface area contributed by atoms with Crippen LogP contribution >= 0.6 is 0 Å². The normalized spacial score (nSPS) is 19.9. The van der Waals surface area contributed by atoms with Gasteiger partial charge in [-0.25, -0.2) is 19.3 Å². The monoisotopic (exact) mass is 602 g/mol. The maximum Gasteiger partial charge on any atom is 0.227 e. The number of imidazole rings is 1. The standard InChI is InChI=1S/C32H35FN6O5/c1-41-24-10-4-20(5-11-24)16-36-32-34-13-12-26(37-32)30-29(21-6-8-23(33)9-7-21)38-27(39-30)15-28-43-18-22(19-44-28)31(40)35-17-25-3-2-14-42-25/h4-13,22,25,28H,2-3,14-19H2,1H3,(H,35,40)(H,38,39)(H,34,36,37). The highest BCUT2D eigenvalue weighted by molar-refractivity contribution is 5.79. The van der Waals surface area contributed by atoms with Crippen LogP contribution in [0.15, 0.2) is 60.8 Å². The van der Waals surface area contributed by atoms with E-state index in [4.69, 9.17) is 28.9 Å². The van der Waals surface area contributed by atoms with E-state index in [0.717, 1.165) is 36.3 Å². The number of H-pyrrole nitrogens is 1. The number of carbonyl (C=O) groups excluding carboxylic acids is 1. The van der Waals surface area contributed by atoms with Crippen LogP contribution < -0.4 is 15.4 Å². The van der Waals surface area contributed by atoms with Gasteiger partial charge in [0, 0.05) is 31.5 Å². The Morgan fingerprint density at radius 2 is 1.84 bits per heavy atom. The molecule has 2 saturated heterocycles. The molecule has 4 aromatic rings. The maximum absolute atomic E-state index is 13.7. The molecule has 2 aromatic carbocycles. The van der Waals surface area contributed by atoms with Gasteiger partial charge >= 0.3 is 0 Å². The summed E-state index contributed by atoms with van der Waals surface area (Å²) in [4.78, 5) is 29.9. The Bertz CT molecular complexity index is 1530. The lowest BCUT2D eigenvalue weighted by Crippen LogP contribution is -2.44. The number of anilines is 1. The van der Waals surface area contributed by atoms with Crippen LogP contribution in [0.25, 0.3) is 22.6 Å². The maximum atomic E-state index is 13.7. The molecule has 1 atom stereocenters. The van der Waals surface area contributed by atoms with Gasteiger partial charge in [-0.1, -0.05) is 12.1 Å². The minimum atomic E-state index is -0.579. The third-order valence-corrected chi connectivity index (χ3v) is 7.62. The first-order chi connectivity index (χ1) is 21.5. The predicted octanol–water partition coefficient (Wildman–Crippen LogP) is 4.12. The molecule has 0 radical (unpaired) electrons. The minimum Gasteiger partial charge on any atom is -0.497 e. The SMILES string of the molecule is COc1ccc(CNc2nccc(-c3[nH]c(CC4OCC(C(=O)NCC5CCCO5)CO4)nc3-c3ccc(F)cc3)n2)cc1. The third-order valence-electron chi connectivity index (χ3n) is 7.62. The van der Waals surface area contributed by atoms with Gasteiger partial charge in [-0.05, 0) is 60.9 Å². The van der Waals surface area contributed by atoms with Crippen LogP contribution in [0.5, 0.6) is 5.75 Å².